The molecule has 2 heterocycles. The van der Waals surface area contributed by atoms with Crippen LogP contribution in [0.2, 0.25) is 5.02 Å². The molecule has 0 radical (unpaired) electrons. The summed E-state index contributed by atoms with van der Waals surface area (Å²) in [6.45, 7) is 3.93. The number of amides is 1. The first-order chi connectivity index (χ1) is 16.4. The third kappa shape index (κ3) is 4.20. The summed E-state index contributed by atoms with van der Waals surface area (Å²) in [4.78, 5) is 34.4. The average molecular weight is 489 g/mol. The van der Waals surface area contributed by atoms with Crippen molar-refractivity contribution in [2.75, 3.05) is 11.1 Å². The average Bonchev–Trinajstić information content (AvgIpc) is 3.19. The van der Waals surface area contributed by atoms with E-state index in [1.165, 1.54) is 16.3 Å². The maximum Gasteiger partial charge on any atom is 0.283 e. The molecule has 0 bridgehead atoms. The molecule has 0 aliphatic rings. The summed E-state index contributed by atoms with van der Waals surface area (Å²) in [6.07, 6.45) is 0. The van der Waals surface area contributed by atoms with Gasteiger partial charge in [0.1, 0.15) is 11.0 Å². The molecule has 2 aromatic heterocycles. The lowest BCUT2D eigenvalue weighted by Gasteiger charge is -2.13. The molecular weight excluding hydrogens is 468 g/mol. The number of carbonyl (C=O) groups is 1. The Balaban J connectivity index is 1.56. The number of H-pyrrole nitrogens is 1. The van der Waals surface area contributed by atoms with Gasteiger partial charge >= 0.3 is 0 Å². The Bertz CT molecular complexity index is 1620. The molecule has 0 aliphatic carbocycles. The molecule has 0 saturated heterocycles. The topological polar surface area (TPSA) is 79.8 Å². The van der Waals surface area contributed by atoms with Gasteiger partial charge in [-0.25, -0.2) is 4.98 Å². The fourth-order valence-corrected chi connectivity index (χ4v) is 4.86. The fraction of sp³-hybridized carbons (Fsp3) is 0.115. The van der Waals surface area contributed by atoms with Gasteiger partial charge in [-0.1, -0.05) is 59.8 Å². The van der Waals surface area contributed by atoms with Crippen LogP contribution in [0.5, 0.6) is 0 Å². The number of aryl methyl sites for hydroxylation is 2. The van der Waals surface area contributed by atoms with E-state index in [0.29, 0.717) is 26.9 Å². The predicted octanol–water partition coefficient (Wildman–Crippen LogP) is 5.87. The van der Waals surface area contributed by atoms with Crippen LogP contribution in [0.25, 0.3) is 27.6 Å². The number of nitrogens with one attached hydrogen (secondary N) is 2. The number of benzene rings is 3. The highest BCUT2D eigenvalue weighted by molar-refractivity contribution is 7.99. The number of carbonyl (C=O) groups excluding carboxylic acids is 1. The van der Waals surface area contributed by atoms with Crippen molar-refractivity contribution in [3.8, 4) is 5.69 Å². The van der Waals surface area contributed by atoms with Crippen LogP contribution in [-0.4, -0.2) is 26.2 Å². The monoisotopic (exact) mass is 488 g/mol. The molecule has 0 spiro atoms. The van der Waals surface area contributed by atoms with Crippen molar-refractivity contribution in [3.63, 3.8) is 0 Å². The van der Waals surface area contributed by atoms with E-state index in [4.69, 9.17) is 16.6 Å². The first kappa shape index (κ1) is 22.3. The number of rotatable bonds is 5. The van der Waals surface area contributed by atoms with Crippen LogP contribution in [-0.2, 0) is 4.79 Å². The van der Waals surface area contributed by atoms with Crippen molar-refractivity contribution in [3.05, 3.63) is 93.2 Å². The van der Waals surface area contributed by atoms with Gasteiger partial charge in [-0.2, -0.15) is 0 Å². The molecule has 0 fully saturated rings. The third-order valence-electron chi connectivity index (χ3n) is 5.56. The number of fused-ring (bicyclic) bond motifs is 3. The molecule has 5 aromatic rings. The smallest absolute Gasteiger partial charge is 0.283 e. The van der Waals surface area contributed by atoms with E-state index in [-0.39, 0.29) is 17.2 Å². The van der Waals surface area contributed by atoms with Crippen LogP contribution in [0.4, 0.5) is 5.69 Å². The molecule has 5 rings (SSSR count). The number of aromatic amines is 1. The molecule has 0 saturated carbocycles. The number of para-hydroxylation sites is 1. The summed E-state index contributed by atoms with van der Waals surface area (Å²) in [5.74, 6) is -0.0848. The Morgan fingerprint density at radius 3 is 2.74 bits per heavy atom. The van der Waals surface area contributed by atoms with Crippen molar-refractivity contribution < 1.29 is 4.79 Å². The minimum atomic E-state index is -0.249. The van der Waals surface area contributed by atoms with E-state index in [9.17, 15) is 9.59 Å². The lowest BCUT2D eigenvalue weighted by molar-refractivity contribution is -0.113. The third-order valence-corrected chi connectivity index (χ3v) is 6.73. The van der Waals surface area contributed by atoms with E-state index in [1.807, 2.05) is 56.3 Å². The lowest BCUT2D eigenvalue weighted by Crippen LogP contribution is -2.23. The van der Waals surface area contributed by atoms with Crippen LogP contribution in [0, 0.1) is 13.8 Å². The van der Waals surface area contributed by atoms with Crippen LogP contribution >= 0.6 is 23.4 Å². The van der Waals surface area contributed by atoms with Crippen LogP contribution in [0.3, 0.4) is 0 Å². The van der Waals surface area contributed by atoms with E-state index in [0.717, 1.165) is 27.7 Å². The molecule has 0 unspecified atom stereocenters. The zero-order chi connectivity index (χ0) is 23.8. The molecule has 0 atom stereocenters. The molecule has 1 amide bonds. The number of hydrogen-bond acceptors (Lipinski definition) is 4. The Labute approximate surface area is 205 Å². The van der Waals surface area contributed by atoms with Gasteiger partial charge in [0, 0.05) is 21.6 Å². The summed E-state index contributed by atoms with van der Waals surface area (Å²) in [5.41, 5.74) is 4.98. The van der Waals surface area contributed by atoms with Crippen molar-refractivity contribution in [2.45, 2.75) is 19.0 Å². The molecule has 0 aliphatic heterocycles. The predicted molar refractivity (Wildman–Crippen MR) is 139 cm³/mol. The highest BCUT2D eigenvalue weighted by Crippen LogP contribution is 2.27. The molecule has 3 aromatic carbocycles. The highest BCUT2D eigenvalue weighted by atomic mass is 35.5. The van der Waals surface area contributed by atoms with Crippen LogP contribution in [0.1, 0.15) is 11.1 Å². The zero-order valence-corrected chi connectivity index (χ0v) is 20.1. The van der Waals surface area contributed by atoms with Crippen molar-refractivity contribution in [2.24, 2.45) is 0 Å². The molecule has 6 nitrogen and oxygen atoms in total. The quantitative estimate of drug-likeness (QED) is 0.239. The Hall–Kier alpha value is -3.55. The van der Waals surface area contributed by atoms with Crippen molar-refractivity contribution >= 4 is 56.9 Å². The summed E-state index contributed by atoms with van der Waals surface area (Å²) in [6, 6.07) is 20.6. The van der Waals surface area contributed by atoms with Gasteiger partial charge in [-0.05, 0) is 55.3 Å². The van der Waals surface area contributed by atoms with Crippen LogP contribution < -0.4 is 10.9 Å². The second-order valence-corrected chi connectivity index (χ2v) is 9.44. The summed E-state index contributed by atoms with van der Waals surface area (Å²) < 4.78 is 1.50. The van der Waals surface area contributed by atoms with Crippen LogP contribution in [0.15, 0.2) is 76.7 Å². The highest BCUT2D eigenvalue weighted by Gasteiger charge is 2.18. The second-order valence-electron chi connectivity index (χ2n) is 8.06. The van der Waals surface area contributed by atoms with Gasteiger partial charge in [-0.3, -0.25) is 14.2 Å². The van der Waals surface area contributed by atoms with Gasteiger partial charge in [-0.15, -0.1) is 0 Å². The SMILES string of the molecule is Cc1ccc(C)c(NC(=O)CSc2nc3c([nH]c4ccccc43)c(=O)n2-c2cccc(Cl)c2)c1. The largest absolute Gasteiger partial charge is 0.349 e. The van der Waals surface area contributed by atoms with Gasteiger partial charge < -0.3 is 10.3 Å². The van der Waals surface area contributed by atoms with Gasteiger partial charge in [0.2, 0.25) is 5.91 Å². The van der Waals surface area contributed by atoms with Gasteiger partial charge in [0.05, 0.1) is 11.4 Å². The Morgan fingerprint density at radius 2 is 1.91 bits per heavy atom. The number of nitrogens with zero attached hydrogens (tertiary/aromatic N) is 2. The molecule has 34 heavy (non-hydrogen) atoms. The molecular formula is C26H21ClN4O2S. The minimum absolute atomic E-state index is 0.0915. The maximum absolute atomic E-state index is 13.6. The first-order valence-corrected chi connectivity index (χ1v) is 12.1. The minimum Gasteiger partial charge on any atom is -0.349 e. The zero-order valence-electron chi connectivity index (χ0n) is 18.6. The number of aromatic nitrogens is 3. The van der Waals surface area contributed by atoms with E-state index in [2.05, 4.69) is 10.3 Å². The molecule has 170 valence electrons. The Morgan fingerprint density at radius 1 is 1.09 bits per heavy atom. The van der Waals surface area contributed by atoms with Crippen molar-refractivity contribution in [1.29, 1.82) is 0 Å². The molecule has 2 N–H and O–H groups in total. The number of thioether (sulfide) groups is 1. The van der Waals surface area contributed by atoms with Gasteiger partial charge in [0.15, 0.2) is 5.16 Å². The molecule has 8 heteroatoms. The normalized spacial score (nSPS) is 11.3. The number of hydrogen-bond donors (Lipinski definition) is 2. The van der Waals surface area contributed by atoms with Gasteiger partial charge in [0.25, 0.3) is 5.56 Å². The standard InChI is InChI=1S/C26H21ClN4O2S/c1-15-10-11-16(2)21(12-15)28-22(32)14-34-26-30-23-19-8-3-4-9-20(19)29-24(23)25(33)31(26)18-7-5-6-17(27)13-18/h3-13,29H,14H2,1-2H3,(H,28,32). The maximum atomic E-state index is 13.6. The summed E-state index contributed by atoms with van der Waals surface area (Å²) >= 11 is 7.42. The van der Waals surface area contributed by atoms with Crippen molar-refractivity contribution in [1.82, 2.24) is 14.5 Å². The second kappa shape index (κ2) is 9.00. The number of anilines is 1. The first-order valence-electron chi connectivity index (χ1n) is 10.7. The van der Waals surface area contributed by atoms with E-state index >= 15 is 0 Å². The van der Waals surface area contributed by atoms with E-state index < -0.39 is 0 Å². The number of halogens is 1. The summed E-state index contributed by atoms with van der Waals surface area (Å²) in [5, 5.41) is 4.74. The summed E-state index contributed by atoms with van der Waals surface area (Å²) in [7, 11) is 0. The lowest BCUT2D eigenvalue weighted by atomic mass is 10.1. The fourth-order valence-electron chi connectivity index (χ4n) is 3.87. The van der Waals surface area contributed by atoms with E-state index in [1.54, 1.807) is 24.3 Å². The Kier molecular flexibility index (Phi) is 5.89.